The van der Waals surface area contributed by atoms with Crippen molar-refractivity contribution in [1.82, 2.24) is 34.9 Å². The molecule has 0 saturated carbocycles. The van der Waals surface area contributed by atoms with E-state index in [0.717, 1.165) is 66.9 Å². The first-order valence-corrected chi connectivity index (χ1v) is 19.7. The zero-order valence-corrected chi connectivity index (χ0v) is 32.3. The summed E-state index contributed by atoms with van der Waals surface area (Å²) in [6.07, 6.45) is 1.83. The summed E-state index contributed by atoms with van der Waals surface area (Å²) in [6, 6.07) is 69.2. The van der Waals surface area contributed by atoms with Crippen molar-refractivity contribution in [3.8, 4) is 102 Å². The van der Waals surface area contributed by atoms with Crippen molar-refractivity contribution in [3.05, 3.63) is 212 Å². The predicted octanol–water partition coefficient (Wildman–Crippen LogP) is 12.5. The van der Waals surface area contributed by atoms with Gasteiger partial charge >= 0.3 is 0 Å². The summed E-state index contributed by atoms with van der Waals surface area (Å²) in [5, 5.41) is 0. The molecule has 282 valence electrons. The summed E-state index contributed by atoms with van der Waals surface area (Å²) in [7, 11) is 0. The number of hydrogen-bond donors (Lipinski definition) is 0. The third-order valence-corrected chi connectivity index (χ3v) is 10.3. The average Bonchev–Trinajstić information content (AvgIpc) is 3.35. The lowest BCUT2D eigenvalue weighted by Crippen LogP contribution is -2.03. The van der Waals surface area contributed by atoms with Gasteiger partial charge in [-0.2, -0.15) is 0 Å². The van der Waals surface area contributed by atoms with Crippen LogP contribution in [-0.2, 0) is 0 Å². The molecule has 0 N–H and O–H groups in total. The molecule has 0 bridgehead atoms. The molecular weight excluding hydrogens is 735 g/mol. The van der Waals surface area contributed by atoms with E-state index in [1.165, 1.54) is 0 Å². The highest BCUT2D eigenvalue weighted by molar-refractivity contribution is 6.01. The minimum absolute atomic E-state index is 0.561. The highest BCUT2D eigenvalue weighted by Gasteiger charge is 2.23. The van der Waals surface area contributed by atoms with E-state index in [-0.39, 0.29) is 0 Å². The molecule has 0 aliphatic carbocycles. The molecule has 0 aliphatic rings. The van der Waals surface area contributed by atoms with Crippen LogP contribution in [0.5, 0.6) is 0 Å². The molecule has 3 aromatic heterocycles. The Bertz CT molecular complexity index is 2950. The van der Waals surface area contributed by atoms with E-state index < -0.39 is 0 Å². The quantitative estimate of drug-likeness (QED) is 0.144. The molecule has 0 amide bonds. The summed E-state index contributed by atoms with van der Waals surface area (Å²) in [6.45, 7) is 0. The van der Waals surface area contributed by atoms with Crippen molar-refractivity contribution in [2.75, 3.05) is 0 Å². The Morgan fingerprint density at radius 3 is 0.983 bits per heavy atom. The van der Waals surface area contributed by atoms with Crippen LogP contribution in [0.1, 0.15) is 0 Å². The highest BCUT2D eigenvalue weighted by atomic mass is 15.0. The maximum absolute atomic E-state index is 5.17. The number of aromatic nitrogens is 7. The van der Waals surface area contributed by atoms with E-state index in [9.17, 15) is 0 Å². The maximum Gasteiger partial charge on any atom is 0.164 e. The van der Waals surface area contributed by atoms with Crippen LogP contribution in [-0.4, -0.2) is 34.9 Å². The van der Waals surface area contributed by atoms with E-state index in [0.29, 0.717) is 34.9 Å². The van der Waals surface area contributed by atoms with Gasteiger partial charge in [0.2, 0.25) is 0 Å². The second-order valence-electron chi connectivity index (χ2n) is 14.1. The Labute approximate surface area is 347 Å². The van der Waals surface area contributed by atoms with Crippen LogP contribution in [0.3, 0.4) is 0 Å². The fourth-order valence-electron chi connectivity index (χ4n) is 7.47. The molecule has 7 aromatic carbocycles. The lowest BCUT2D eigenvalue weighted by atomic mass is 9.85. The fraction of sp³-hybridized carbons (Fsp3) is 0. The predicted molar refractivity (Wildman–Crippen MR) is 240 cm³/mol. The fourth-order valence-corrected chi connectivity index (χ4v) is 7.47. The molecule has 3 heterocycles. The molecule has 60 heavy (non-hydrogen) atoms. The lowest BCUT2D eigenvalue weighted by Gasteiger charge is -2.20. The van der Waals surface area contributed by atoms with Gasteiger partial charge in [0.25, 0.3) is 0 Å². The van der Waals surface area contributed by atoms with E-state index >= 15 is 0 Å². The van der Waals surface area contributed by atoms with Gasteiger partial charge in [-0.25, -0.2) is 29.9 Å². The van der Waals surface area contributed by atoms with Gasteiger partial charge in [0.05, 0.1) is 5.69 Å². The number of rotatable bonds is 9. The van der Waals surface area contributed by atoms with Crippen molar-refractivity contribution >= 4 is 0 Å². The zero-order valence-electron chi connectivity index (χ0n) is 32.3. The van der Waals surface area contributed by atoms with Crippen LogP contribution in [0.4, 0.5) is 0 Å². The minimum atomic E-state index is 0.561. The Morgan fingerprint density at radius 1 is 0.217 bits per heavy atom. The van der Waals surface area contributed by atoms with Gasteiger partial charge in [-0.15, -0.1) is 0 Å². The van der Waals surface area contributed by atoms with Crippen LogP contribution in [0.25, 0.3) is 102 Å². The van der Waals surface area contributed by atoms with Gasteiger partial charge in [-0.3, -0.25) is 4.98 Å². The van der Waals surface area contributed by atoms with Gasteiger partial charge in [0.1, 0.15) is 0 Å². The van der Waals surface area contributed by atoms with Gasteiger partial charge in [-0.1, -0.05) is 194 Å². The Hall–Kier alpha value is -8.29. The Kier molecular flexibility index (Phi) is 9.79. The minimum Gasteiger partial charge on any atom is -0.256 e. The van der Waals surface area contributed by atoms with Gasteiger partial charge in [-0.05, 0) is 34.4 Å². The molecular formula is C53H35N7. The van der Waals surface area contributed by atoms with Gasteiger partial charge in [0.15, 0.2) is 34.9 Å². The largest absolute Gasteiger partial charge is 0.256 e. The summed E-state index contributed by atoms with van der Waals surface area (Å²) in [4.78, 5) is 35.5. The van der Waals surface area contributed by atoms with Crippen LogP contribution < -0.4 is 0 Å². The van der Waals surface area contributed by atoms with Crippen LogP contribution in [0, 0.1) is 0 Å². The first-order valence-electron chi connectivity index (χ1n) is 19.7. The number of benzene rings is 7. The van der Waals surface area contributed by atoms with Crippen LogP contribution in [0.15, 0.2) is 212 Å². The first-order chi connectivity index (χ1) is 29.8. The monoisotopic (exact) mass is 769 g/mol. The van der Waals surface area contributed by atoms with Gasteiger partial charge in [0, 0.05) is 45.1 Å². The second-order valence-corrected chi connectivity index (χ2v) is 14.1. The van der Waals surface area contributed by atoms with Gasteiger partial charge < -0.3 is 0 Å². The normalized spacial score (nSPS) is 11.0. The topological polar surface area (TPSA) is 90.2 Å². The summed E-state index contributed by atoms with van der Waals surface area (Å²) >= 11 is 0. The smallest absolute Gasteiger partial charge is 0.164 e. The summed E-state index contributed by atoms with van der Waals surface area (Å²) in [5.74, 6) is 3.51. The van der Waals surface area contributed by atoms with E-state index in [1.807, 2.05) is 158 Å². The molecule has 0 saturated heterocycles. The molecule has 10 aromatic rings. The summed E-state index contributed by atoms with van der Waals surface area (Å²) in [5.41, 5.74) is 11.0. The van der Waals surface area contributed by atoms with E-state index in [1.54, 1.807) is 0 Å². The van der Waals surface area contributed by atoms with Crippen LogP contribution >= 0.6 is 0 Å². The molecule has 7 heteroatoms. The van der Waals surface area contributed by atoms with E-state index in [4.69, 9.17) is 34.9 Å². The lowest BCUT2D eigenvalue weighted by molar-refractivity contribution is 1.07. The zero-order chi connectivity index (χ0) is 40.1. The number of hydrogen-bond acceptors (Lipinski definition) is 7. The van der Waals surface area contributed by atoms with Crippen molar-refractivity contribution in [1.29, 1.82) is 0 Å². The van der Waals surface area contributed by atoms with Crippen molar-refractivity contribution in [3.63, 3.8) is 0 Å². The number of pyridine rings is 1. The molecule has 10 rings (SSSR count). The molecule has 0 atom stereocenters. The number of nitrogens with zero attached hydrogens (tertiary/aromatic N) is 7. The SMILES string of the molecule is c1ccc(-c2nc(-c3ccccc3)nc(-c3ccccc3-c3cccc(-c4ccccn4)c3-c3ccccc3-c3nc(-c4ccccc4)nc(-c4ccccc4)n3)n2)cc1. The average molecular weight is 770 g/mol. The molecule has 0 spiro atoms. The Morgan fingerprint density at radius 2 is 0.550 bits per heavy atom. The molecule has 7 nitrogen and oxygen atoms in total. The highest BCUT2D eigenvalue weighted by Crippen LogP contribution is 2.45. The van der Waals surface area contributed by atoms with Crippen molar-refractivity contribution in [2.24, 2.45) is 0 Å². The van der Waals surface area contributed by atoms with Crippen molar-refractivity contribution < 1.29 is 0 Å². The second kappa shape index (κ2) is 16.3. The third-order valence-electron chi connectivity index (χ3n) is 10.3. The Balaban J connectivity index is 1.22. The van der Waals surface area contributed by atoms with E-state index in [2.05, 4.69) is 54.6 Å². The standard InChI is InChI=1S/C53H35N7/c1-5-20-36(21-6-1)48-55-49(37-22-7-2-8-23-37)58-52(57-48)43-30-15-13-28-40(43)41-32-19-33-45(46-34-17-18-35-54-46)47(41)42-29-14-16-31-44(42)53-59-50(38-24-9-3-10-25-38)56-51(60-53)39-26-11-4-12-27-39/h1-35H. The first kappa shape index (κ1) is 36.1. The molecule has 0 aliphatic heterocycles. The molecule has 0 radical (unpaired) electrons. The maximum atomic E-state index is 5.17. The summed E-state index contributed by atoms with van der Waals surface area (Å²) < 4.78 is 0. The third kappa shape index (κ3) is 7.23. The molecule has 0 fully saturated rings. The van der Waals surface area contributed by atoms with Crippen molar-refractivity contribution in [2.45, 2.75) is 0 Å². The molecule has 0 unspecified atom stereocenters. The van der Waals surface area contributed by atoms with Crippen LogP contribution in [0.2, 0.25) is 0 Å².